The number of benzene rings is 1. The van der Waals surface area contributed by atoms with Gasteiger partial charge in [0.1, 0.15) is 5.75 Å². The fourth-order valence-electron chi connectivity index (χ4n) is 2.35. The molecule has 0 radical (unpaired) electrons. The van der Waals surface area contributed by atoms with Crippen LogP contribution in [-0.2, 0) is 4.74 Å². The van der Waals surface area contributed by atoms with E-state index in [9.17, 15) is 4.79 Å². The van der Waals surface area contributed by atoms with Crippen LogP contribution in [0.3, 0.4) is 0 Å². The number of halogens is 1. The number of carbonyl (C=O) groups is 1. The molecule has 0 spiro atoms. The average Bonchev–Trinajstić information content (AvgIpc) is 2.97. The molecule has 21 heavy (non-hydrogen) atoms. The normalized spacial score (nSPS) is 17.5. The number of ether oxygens (including phenoxy) is 2. The van der Waals surface area contributed by atoms with Crippen molar-refractivity contribution in [3.05, 3.63) is 23.2 Å². The standard InChI is InChI=1S/C15H21ClN2O3/c1-20-14-5-4-12(16)9-13(14)18-15(19)17-7-2-3-11-6-8-21-10-11/h4-5,9,11H,2-3,6-8,10H2,1H3,(H2,17,18,19)/t11-/m1/s1. The van der Waals surface area contributed by atoms with Gasteiger partial charge in [-0.1, -0.05) is 11.6 Å². The maximum atomic E-state index is 11.8. The second-order valence-corrected chi connectivity index (χ2v) is 5.53. The third kappa shape index (κ3) is 5.10. The molecule has 1 heterocycles. The number of carbonyl (C=O) groups excluding carboxylic acids is 1. The topological polar surface area (TPSA) is 59.6 Å². The van der Waals surface area contributed by atoms with Crippen molar-refractivity contribution in [1.29, 1.82) is 0 Å². The van der Waals surface area contributed by atoms with Crippen molar-refractivity contribution < 1.29 is 14.3 Å². The number of methoxy groups -OCH3 is 1. The van der Waals surface area contributed by atoms with E-state index >= 15 is 0 Å². The number of urea groups is 1. The lowest BCUT2D eigenvalue weighted by Gasteiger charge is -2.12. The summed E-state index contributed by atoms with van der Waals surface area (Å²) >= 11 is 5.92. The summed E-state index contributed by atoms with van der Waals surface area (Å²) < 4.78 is 10.5. The summed E-state index contributed by atoms with van der Waals surface area (Å²) in [6.45, 7) is 2.37. The van der Waals surface area contributed by atoms with Gasteiger partial charge in [-0.3, -0.25) is 0 Å². The summed E-state index contributed by atoms with van der Waals surface area (Å²) in [5.41, 5.74) is 0.562. The summed E-state index contributed by atoms with van der Waals surface area (Å²) in [6, 6.07) is 4.85. The quantitative estimate of drug-likeness (QED) is 0.792. The van der Waals surface area contributed by atoms with Gasteiger partial charge in [0, 0.05) is 24.8 Å². The van der Waals surface area contributed by atoms with E-state index in [1.807, 2.05) is 0 Å². The lowest BCUT2D eigenvalue weighted by atomic mass is 10.0. The highest BCUT2D eigenvalue weighted by atomic mass is 35.5. The molecule has 2 rings (SSSR count). The highest BCUT2D eigenvalue weighted by Crippen LogP contribution is 2.27. The molecule has 1 fully saturated rings. The average molecular weight is 313 g/mol. The number of anilines is 1. The zero-order chi connectivity index (χ0) is 15.1. The van der Waals surface area contributed by atoms with Crippen molar-refractivity contribution in [1.82, 2.24) is 5.32 Å². The molecule has 1 atom stereocenters. The van der Waals surface area contributed by atoms with Gasteiger partial charge in [0.15, 0.2) is 0 Å². The predicted molar refractivity (Wildman–Crippen MR) is 83.2 cm³/mol. The Morgan fingerprint density at radius 2 is 2.38 bits per heavy atom. The van der Waals surface area contributed by atoms with E-state index < -0.39 is 0 Å². The van der Waals surface area contributed by atoms with Gasteiger partial charge in [-0.05, 0) is 43.4 Å². The molecule has 2 amide bonds. The molecule has 0 saturated carbocycles. The summed E-state index contributed by atoms with van der Waals surface area (Å²) in [4.78, 5) is 11.8. The van der Waals surface area contributed by atoms with E-state index in [0.29, 0.717) is 28.9 Å². The van der Waals surface area contributed by atoms with Crippen LogP contribution in [-0.4, -0.2) is 32.9 Å². The van der Waals surface area contributed by atoms with E-state index in [2.05, 4.69) is 10.6 Å². The highest BCUT2D eigenvalue weighted by molar-refractivity contribution is 6.31. The van der Waals surface area contributed by atoms with Crippen LogP contribution in [0.15, 0.2) is 18.2 Å². The minimum atomic E-state index is -0.252. The molecule has 0 bridgehead atoms. The first-order chi connectivity index (χ1) is 10.2. The van der Waals surface area contributed by atoms with Crippen molar-refractivity contribution >= 4 is 23.3 Å². The van der Waals surface area contributed by atoms with Gasteiger partial charge < -0.3 is 20.1 Å². The van der Waals surface area contributed by atoms with Gasteiger partial charge in [0.05, 0.1) is 12.8 Å². The second-order valence-electron chi connectivity index (χ2n) is 5.10. The first-order valence-electron chi connectivity index (χ1n) is 7.15. The Morgan fingerprint density at radius 1 is 1.52 bits per heavy atom. The van der Waals surface area contributed by atoms with Crippen LogP contribution in [0, 0.1) is 5.92 Å². The monoisotopic (exact) mass is 312 g/mol. The molecule has 1 saturated heterocycles. The lowest BCUT2D eigenvalue weighted by molar-refractivity contribution is 0.184. The number of nitrogens with one attached hydrogen (secondary N) is 2. The fraction of sp³-hybridized carbons (Fsp3) is 0.533. The molecule has 2 N–H and O–H groups in total. The number of hydrogen-bond acceptors (Lipinski definition) is 3. The summed E-state index contributed by atoms with van der Waals surface area (Å²) in [6.07, 6.45) is 3.17. The predicted octanol–water partition coefficient (Wildman–Crippen LogP) is 3.29. The van der Waals surface area contributed by atoms with Crippen molar-refractivity contribution in [2.45, 2.75) is 19.3 Å². The van der Waals surface area contributed by atoms with Gasteiger partial charge in [-0.2, -0.15) is 0 Å². The molecule has 0 aliphatic carbocycles. The molecule has 1 aromatic carbocycles. The van der Waals surface area contributed by atoms with Crippen LogP contribution >= 0.6 is 11.6 Å². The smallest absolute Gasteiger partial charge is 0.319 e. The van der Waals surface area contributed by atoms with E-state index in [0.717, 1.165) is 32.5 Å². The largest absolute Gasteiger partial charge is 0.495 e. The molecule has 1 aliphatic heterocycles. The molecule has 116 valence electrons. The Balaban J connectivity index is 1.72. The van der Waals surface area contributed by atoms with Crippen molar-refractivity contribution in [3.63, 3.8) is 0 Å². The molecule has 1 aliphatic rings. The summed E-state index contributed by atoms with van der Waals surface area (Å²) in [5.74, 6) is 1.22. The maximum absolute atomic E-state index is 11.8. The van der Waals surface area contributed by atoms with Crippen LogP contribution < -0.4 is 15.4 Å². The first kappa shape index (κ1) is 15.9. The van der Waals surface area contributed by atoms with E-state index in [-0.39, 0.29) is 6.03 Å². The second kappa shape index (κ2) is 8.10. The van der Waals surface area contributed by atoms with Crippen LogP contribution in [0.1, 0.15) is 19.3 Å². The van der Waals surface area contributed by atoms with Crippen molar-refractivity contribution in [2.24, 2.45) is 5.92 Å². The first-order valence-corrected chi connectivity index (χ1v) is 7.53. The van der Waals surface area contributed by atoms with Gasteiger partial charge in [-0.15, -0.1) is 0 Å². The molecule has 6 heteroatoms. The number of amides is 2. The third-order valence-corrected chi connectivity index (χ3v) is 3.74. The fourth-order valence-corrected chi connectivity index (χ4v) is 2.52. The summed E-state index contributed by atoms with van der Waals surface area (Å²) in [7, 11) is 1.55. The van der Waals surface area contributed by atoms with Gasteiger partial charge in [0.25, 0.3) is 0 Å². The Labute approximate surface area is 130 Å². The summed E-state index contributed by atoms with van der Waals surface area (Å²) in [5, 5.41) is 6.13. The molecule has 0 unspecified atom stereocenters. The SMILES string of the molecule is COc1ccc(Cl)cc1NC(=O)NCCC[C@@H]1CCOC1. The van der Waals surface area contributed by atoms with Gasteiger partial charge >= 0.3 is 6.03 Å². The number of rotatable bonds is 6. The zero-order valence-corrected chi connectivity index (χ0v) is 12.9. The molecule has 5 nitrogen and oxygen atoms in total. The highest BCUT2D eigenvalue weighted by Gasteiger charge is 2.15. The third-order valence-electron chi connectivity index (χ3n) is 3.51. The Morgan fingerprint density at radius 3 is 3.10 bits per heavy atom. The Bertz CT molecular complexity index is 476. The van der Waals surface area contributed by atoms with E-state index in [4.69, 9.17) is 21.1 Å². The maximum Gasteiger partial charge on any atom is 0.319 e. The van der Waals surface area contributed by atoms with Crippen LogP contribution in [0.4, 0.5) is 10.5 Å². The van der Waals surface area contributed by atoms with Crippen molar-refractivity contribution in [3.8, 4) is 5.75 Å². The minimum Gasteiger partial charge on any atom is -0.495 e. The van der Waals surface area contributed by atoms with Gasteiger partial charge in [-0.25, -0.2) is 4.79 Å². The van der Waals surface area contributed by atoms with E-state index in [1.54, 1.807) is 25.3 Å². The van der Waals surface area contributed by atoms with Crippen LogP contribution in [0.5, 0.6) is 5.75 Å². The van der Waals surface area contributed by atoms with Crippen LogP contribution in [0.25, 0.3) is 0 Å². The lowest BCUT2D eigenvalue weighted by Crippen LogP contribution is -2.30. The van der Waals surface area contributed by atoms with Crippen molar-refractivity contribution in [2.75, 3.05) is 32.2 Å². The molecular weight excluding hydrogens is 292 g/mol. The molecule has 1 aromatic rings. The Hall–Kier alpha value is -1.46. The minimum absolute atomic E-state index is 0.252. The zero-order valence-electron chi connectivity index (χ0n) is 12.2. The molecular formula is C15H21ClN2O3. The van der Waals surface area contributed by atoms with E-state index in [1.165, 1.54) is 0 Å². The Kier molecular flexibility index (Phi) is 6.14. The number of hydrogen-bond donors (Lipinski definition) is 2. The molecule has 0 aromatic heterocycles. The van der Waals surface area contributed by atoms with Crippen LogP contribution in [0.2, 0.25) is 5.02 Å². The van der Waals surface area contributed by atoms with Gasteiger partial charge in [0.2, 0.25) is 0 Å².